The van der Waals surface area contributed by atoms with E-state index >= 15 is 0 Å². The Morgan fingerprint density at radius 1 is 1.06 bits per heavy atom. The molecule has 4 amide bonds. The zero-order valence-corrected chi connectivity index (χ0v) is 26.0. The van der Waals surface area contributed by atoms with Gasteiger partial charge in [-0.05, 0) is 37.5 Å². The maximum atomic E-state index is 13.7. The Hall–Kier alpha value is -4.64. The van der Waals surface area contributed by atoms with Gasteiger partial charge in [0, 0.05) is 64.2 Å². The fraction of sp³-hybridized carbons (Fsp3) is 0.448. The summed E-state index contributed by atoms with van der Waals surface area (Å²) in [5, 5.41) is 13.4. The summed E-state index contributed by atoms with van der Waals surface area (Å²) in [5.41, 5.74) is 5.34. The zero-order chi connectivity index (χ0) is 34.0. The molecule has 1 aliphatic carbocycles. The summed E-state index contributed by atoms with van der Waals surface area (Å²) >= 11 is 6.44. The van der Waals surface area contributed by atoms with Gasteiger partial charge in [-0.3, -0.25) is 19.1 Å². The van der Waals surface area contributed by atoms with Gasteiger partial charge in [0.15, 0.2) is 11.5 Å². The second-order valence-corrected chi connectivity index (χ2v) is 11.8. The molecule has 3 aromatic rings. The lowest BCUT2D eigenvalue weighted by Crippen LogP contribution is -2.54. The number of piperazine rings is 1. The lowest BCUT2D eigenvalue weighted by Gasteiger charge is -2.36. The van der Waals surface area contributed by atoms with Gasteiger partial charge in [-0.2, -0.15) is 18.3 Å². The van der Waals surface area contributed by atoms with Gasteiger partial charge in [-0.15, -0.1) is 0 Å². The van der Waals surface area contributed by atoms with E-state index in [2.05, 4.69) is 15.4 Å². The van der Waals surface area contributed by atoms with E-state index in [0.29, 0.717) is 39.3 Å². The van der Waals surface area contributed by atoms with E-state index in [1.807, 2.05) is 0 Å². The molecule has 1 atom stereocenters. The summed E-state index contributed by atoms with van der Waals surface area (Å²) in [6.07, 6.45) is 0.174. The Labute approximate surface area is 271 Å². The third kappa shape index (κ3) is 7.35. The zero-order valence-electron chi connectivity index (χ0n) is 25.3. The van der Waals surface area contributed by atoms with Gasteiger partial charge in [-0.25, -0.2) is 9.78 Å². The molecule has 18 heteroatoms. The van der Waals surface area contributed by atoms with Crippen molar-refractivity contribution in [2.45, 2.75) is 37.5 Å². The Morgan fingerprint density at radius 2 is 1.72 bits per heavy atom. The summed E-state index contributed by atoms with van der Waals surface area (Å²) in [6.45, 7) is 2.37. The number of imidazole rings is 1. The number of likely N-dealkylation sites (tertiary alicyclic amines) is 1. The third-order valence-corrected chi connectivity index (χ3v) is 8.49. The topological polar surface area (TPSA) is 172 Å². The molecule has 1 aromatic carbocycles. The molecule has 6 rings (SSSR count). The summed E-state index contributed by atoms with van der Waals surface area (Å²) in [4.78, 5) is 56.5. The molecular weight excluding hydrogens is 647 g/mol. The summed E-state index contributed by atoms with van der Waals surface area (Å²) in [5.74, 6) is -1.09. The van der Waals surface area contributed by atoms with E-state index in [9.17, 15) is 27.6 Å². The highest BCUT2D eigenvalue weighted by Gasteiger charge is 2.40. The van der Waals surface area contributed by atoms with Crippen LogP contribution in [0.1, 0.15) is 52.0 Å². The number of rotatable bonds is 5. The van der Waals surface area contributed by atoms with Crippen LogP contribution in [0, 0.1) is 0 Å². The minimum atomic E-state index is -4.68. The molecule has 47 heavy (non-hydrogen) atoms. The molecule has 0 radical (unpaired) electrons. The Balaban J connectivity index is 0.00000139. The van der Waals surface area contributed by atoms with Crippen LogP contribution in [0.25, 0.3) is 11.3 Å². The predicted molar refractivity (Wildman–Crippen MR) is 163 cm³/mol. The minimum Gasteiger partial charge on any atom is -0.483 e. The highest BCUT2D eigenvalue weighted by atomic mass is 35.5. The fourth-order valence-corrected chi connectivity index (χ4v) is 5.83. The number of anilines is 1. The largest absolute Gasteiger partial charge is 0.483 e. The Morgan fingerprint density at radius 3 is 2.30 bits per heavy atom. The van der Waals surface area contributed by atoms with Gasteiger partial charge in [0.05, 0.1) is 34.1 Å². The first-order valence-corrected chi connectivity index (χ1v) is 15.2. The number of carboxylic acid groups (broad SMARTS) is 1. The van der Waals surface area contributed by atoms with Crippen molar-refractivity contribution in [2.24, 2.45) is 12.8 Å². The number of aromatic nitrogens is 4. The molecule has 1 saturated carbocycles. The second-order valence-electron chi connectivity index (χ2n) is 11.4. The van der Waals surface area contributed by atoms with Crippen molar-refractivity contribution in [3.8, 4) is 11.3 Å². The van der Waals surface area contributed by atoms with Crippen LogP contribution in [0.4, 0.5) is 23.7 Å². The molecule has 252 valence electrons. The van der Waals surface area contributed by atoms with E-state index < -0.39 is 17.8 Å². The molecule has 4 heterocycles. The van der Waals surface area contributed by atoms with Crippen LogP contribution in [0.15, 0.2) is 30.6 Å². The van der Waals surface area contributed by atoms with Crippen LogP contribution in [-0.2, 0) is 18.0 Å². The number of hydrogen-bond donors (Lipinski definition) is 3. The van der Waals surface area contributed by atoms with E-state index in [1.165, 1.54) is 46.9 Å². The van der Waals surface area contributed by atoms with Gasteiger partial charge in [0.2, 0.25) is 0 Å². The number of urea groups is 1. The first kappa shape index (κ1) is 33.7. The van der Waals surface area contributed by atoms with Gasteiger partial charge in [0.25, 0.3) is 18.3 Å². The van der Waals surface area contributed by atoms with Gasteiger partial charge >= 0.3 is 12.2 Å². The molecule has 0 spiro atoms. The van der Waals surface area contributed by atoms with E-state index in [0.717, 1.165) is 19.3 Å². The second kappa shape index (κ2) is 13.6. The number of nitrogens with zero attached hydrogens (tertiary/aromatic N) is 7. The van der Waals surface area contributed by atoms with Gasteiger partial charge < -0.3 is 35.4 Å². The summed E-state index contributed by atoms with van der Waals surface area (Å²) in [6, 6.07) is 4.29. The normalized spacial score (nSPS) is 18.1. The van der Waals surface area contributed by atoms with E-state index in [-0.39, 0.29) is 63.8 Å². The molecule has 3 aliphatic rings. The first-order valence-electron chi connectivity index (χ1n) is 14.8. The number of halogens is 4. The maximum Gasteiger partial charge on any atom is 0.435 e. The quantitative estimate of drug-likeness (QED) is 0.345. The number of benzene rings is 1. The van der Waals surface area contributed by atoms with Crippen molar-refractivity contribution in [2.75, 3.05) is 44.6 Å². The molecule has 14 nitrogen and oxygen atoms in total. The number of amides is 4. The van der Waals surface area contributed by atoms with Crippen molar-refractivity contribution in [3.63, 3.8) is 0 Å². The van der Waals surface area contributed by atoms with Crippen molar-refractivity contribution >= 4 is 41.6 Å². The minimum absolute atomic E-state index is 0.00737. The molecule has 3 fully saturated rings. The van der Waals surface area contributed by atoms with Crippen LogP contribution < -0.4 is 11.1 Å². The smallest absolute Gasteiger partial charge is 0.435 e. The molecule has 4 N–H and O–H groups in total. The van der Waals surface area contributed by atoms with Crippen LogP contribution in [0.5, 0.6) is 0 Å². The van der Waals surface area contributed by atoms with Crippen LogP contribution in [-0.4, -0.2) is 109 Å². The average molecular weight is 680 g/mol. The SMILES string of the molecule is Cn1c(-c2cn(C3CC3)nc2C(F)(F)F)cnc1C(=O)Nc1ccc(C(=O)N2CCN(C(=O)N3CCC(N)C3)CC2)c(Cl)c1.O=CO. The number of nitrogens with one attached hydrogen (secondary N) is 1. The van der Waals surface area contributed by atoms with E-state index in [4.69, 9.17) is 27.2 Å². The standard InChI is InChI=1S/C28H31ClF3N9O3.CH2O2/c1-37-22(20-15-41(18-3-4-18)36-23(20)28(30,31)32)13-34-24(37)25(42)35-17-2-5-19(21(29)12-17)26(43)38-8-10-39(11-9-38)27(44)40-7-6-16(33)14-40;2-1-3/h2,5,12-13,15-16,18H,3-4,6-11,14,33H2,1H3,(H,35,42);1H,(H,2,3). The van der Waals surface area contributed by atoms with Gasteiger partial charge in [-0.1, -0.05) is 11.6 Å². The predicted octanol–water partition coefficient (Wildman–Crippen LogP) is 3.15. The van der Waals surface area contributed by atoms with Crippen molar-refractivity contribution in [3.05, 3.63) is 52.7 Å². The first-order chi connectivity index (χ1) is 22.3. The number of alkyl halides is 3. The van der Waals surface area contributed by atoms with Crippen LogP contribution >= 0.6 is 11.6 Å². The summed E-state index contributed by atoms with van der Waals surface area (Å²) in [7, 11) is 1.45. The highest BCUT2D eigenvalue weighted by molar-refractivity contribution is 6.34. The van der Waals surface area contributed by atoms with Crippen LogP contribution in [0.3, 0.4) is 0 Å². The monoisotopic (exact) mass is 679 g/mol. The molecule has 0 bridgehead atoms. The number of carbonyl (C=O) groups excluding carboxylic acids is 3. The average Bonchev–Trinajstić information content (AvgIpc) is 3.42. The van der Waals surface area contributed by atoms with Crippen LogP contribution in [0.2, 0.25) is 5.02 Å². The molecular formula is C29H33ClF3N9O5. The molecule has 2 saturated heterocycles. The maximum absolute atomic E-state index is 13.7. The van der Waals surface area contributed by atoms with Crippen molar-refractivity contribution in [1.82, 2.24) is 34.0 Å². The van der Waals surface area contributed by atoms with Gasteiger partial charge in [0.1, 0.15) is 0 Å². The fourth-order valence-electron chi connectivity index (χ4n) is 5.57. The third-order valence-electron chi connectivity index (χ3n) is 8.18. The lowest BCUT2D eigenvalue weighted by atomic mass is 10.1. The Kier molecular flexibility index (Phi) is 9.76. The Bertz CT molecular complexity index is 1660. The van der Waals surface area contributed by atoms with Crippen molar-refractivity contribution in [1.29, 1.82) is 0 Å². The molecule has 2 aromatic heterocycles. The van der Waals surface area contributed by atoms with E-state index in [1.54, 1.807) is 14.7 Å². The highest BCUT2D eigenvalue weighted by Crippen LogP contribution is 2.41. The van der Waals surface area contributed by atoms with Crippen molar-refractivity contribution < 1.29 is 37.5 Å². The molecule has 2 aliphatic heterocycles. The lowest BCUT2D eigenvalue weighted by molar-refractivity contribution is -0.141. The number of nitrogens with two attached hydrogens (primary N) is 1. The molecule has 1 unspecified atom stereocenters. The number of carbonyl (C=O) groups is 4. The number of hydrogen-bond acceptors (Lipinski definition) is 7. The summed E-state index contributed by atoms with van der Waals surface area (Å²) < 4.78 is 43.8.